The van der Waals surface area contributed by atoms with Gasteiger partial charge in [0.05, 0.1) is 17.9 Å². The van der Waals surface area contributed by atoms with Crippen LogP contribution in [0.15, 0.2) is 84.2 Å². The zero-order valence-electron chi connectivity index (χ0n) is 25.5. The molecule has 40 heavy (non-hydrogen) atoms. The maximum atomic E-state index is 14.0. The van der Waals surface area contributed by atoms with E-state index in [1.165, 1.54) is 17.7 Å². The van der Waals surface area contributed by atoms with Crippen LogP contribution in [0.5, 0.6) is 0 Å². The maximum Gasteiger partial charge on any atom is 0.270 e. The number of pyridine rings is 1. The lowest BCUT2D eigenvalue weighted by atomic mass is 9.91. The highest BCUT2D eigenvalue weighted by atomic mass is 19.3. The van der Waals surface area contributed by atoms with E-state index in [4.69, 9.17) is 10.7 Å². The minimum Gasteiger partial charge on any atom is -0.396 e. The minimum absolute atomic E-state index is 0.0500. The molecule has 3 N–H and O–H groups in total. The summed E-state index contributed by atoms with van der Waals surface area (Å²) in [5.41, 5.74) is 12.4. The second-order valence-corrected chi connectivity index (χ2v) is 10.9. The van der Waals surface area contributed by atoms with Crippen molar-refractivity contribution in [1.82, 2.24) is 10.3 Å². The Morgan fingerprint density at radius 2 is 1.82 bits per heavy atom. The predicted molar refractivity (Wildman–Crippen MR) is 168 cm³/mol. The van der Waals surface area contributed by atoms with E-state index in [9.17, 15) is 8.78 Å². The van der Waals surface area contributed by atoms with Crippen molar-refractivity contribution in [3.8, 4) is 11.3 Å². The third-order valence-corrected chi connectivity index (χ3v) is 7.01. The summed E-state index contributed by atoms with van der Waals surface area (Å²) in [5, 5.41) is 3.66. The number of nitrogens with one attached hydrogen (secondary N) is 1. The van der Waals surface area contributed by atoms with E-state index in [0.717, 1.165) is 43.2 Å². The van der Waals surface area contributed by atoms with Gasteiger partial charge in [-0.25, -0.2) is 13.8 Å². The summed E-state index contributed by atoms with van der Waals surface area (Å²) in [6.07, 6.45) is 7.15. The third kappa shape index (κ3) is 8.54. The fraction of sp³-hybridized carbons (Fsp3) is 0.441. The molecule has 0 radical (unpaired) electrons. The zero-order valence-corrected chi connectivity index (χ0v) is 25.5. The van der Waals surface area contributed by atoms with Crippen LogP contribution in [-0.2, 0) is 5.92 Å². The molecule has 1 aromatic heterocycles. The topological polar surface area (TPSA) is 54.2 Å². The van der Waals surface area contributed by atoms with Crippen molar-refractivity contribution in [3.05, 3.63) is 89.8 Å². The van der Waals surface area contributed by atoms with E-state index in [1.54, 1.807) is 24.3 Å². The summed E-state index contributed by atoms with van der Waals surface area (Å²) in [6, 6.07) is 9.91. The maximum absolute atomic E-state index is 14.0. The van der Waals surface area contributed by atoms with Crippen LogP contribution < -0.4 is 16.0 Å². The van der Waals surface area contributed by atoms with Crippen molar-refractivity contribution >= 4 is 11.5 Å². The monoisotopic (exact) mass is 550 g/mol. The number of nitrogens with zero attached hydrogens (tertiary/aromatic N) is 2. The van der Waals surface area contributed by atoms with Gasteiger partial charge in [0.1, 0.15) is 0 Å². The van der Waals surface area contributed by atoms with E-state index in [1.807, 2.05) is 6.08 Å². The molecular formula is C34H48F2N4. The number of nitrogens with two attached hydrogens (primary N) is 1. The molecule has 0 fully saturated rings. The van der Waals surface area contributed by atoms with E-state index in [-0.39, 0.29) is 5.56 Å². The number of alkyl halides is 2. The van der Waals surface area contributed by atoms with Crippen molar-refractivity contribution in [3.63, 3.8) is 0 Å². The molecule has 0 unspecified atom stereocenters. The molecule has 2 rings (SSSR count). The first-order valence-corrected chi connectivity index (χ1v) is 14.3. The molecule has 0 aliphatic carbocycles. The number of benzene rings is 1. The summed E-state index contributed by atoms with van der Waals surface area (Å²) < 4.78 is 28.1. The van der Waals surface area contributed by atoms with E-state index >= 15 is 0 Å². The van der Waals surface area contributed by atoms with Crippen molar-refractivity contribution in [2.45, 2.75) is 73.7 Å². The van der Waals surface area contributed by atoms with Crippen LogP contribution in [0.4, 0.5) is 20.3 Å². The average molecular weight is 551 g/mol. The Morgan fingerprint density at radius 3 is 2.38 bits per heavy atom. The molecule has 0 saturated heterocycles. The summed E-state index contributed by atoms with van der Waals surface area (Å²) >= 11 is 0. The van der Waals surface area contributed by atoms with Gasteiger partial charge in [0, 0.05) is 36.0 Å². The van der Waals surface area contributed by atoms with Crippen molar-refractivity contribution in [2.75, 3.05) is 23.7 Å². The largest absolute Gasteiger partial charge is 0.396 e. The van der Waals surface area contributed by atoms with E-state index in [0.29, 0.717) is 47.7 Å². The fourth-order valence-corrected chi connectivity index (χ4v) is 4.77. The summed E-state index contributed by atoms with van der Waals surface area (Å²) in [6.45, 7) is 23.5. The lowest BCUT2D eigenvalue weighted by molar-refractivity contribution is 0.0175. The molecule has 0 amide bonds. The second-order valence-electron chi connectivity index (χ2n) is 10.9. The van der Waals surface area contributed by atoms with Crippen LogP contribution in [0, 0.1) is 11.8 Å². The molecule has 0 atom stereocenters. The first-order valence-electron chi connectivity index (χ1n) is 14.3. The van der Waals surface area contributed by atoms with Gasteiger partial charge in [-0.1, -0.05) is 91.0 Å². The molecule has 2 aromatic rings. The molecule has 0 bridgehead atoms. The van der Waals surface area contributed by atoms with Crippen LogP contribution in [0.25, 0.3) is 11.3 Å². The molecule has 1 aromatic carbocycles. The Bertz CT molecular complexity index is 1220. The zero-order chi connectivity index (χ0) is 30.0. The number of rotatable bonds is 15. The highest BCUT2D eigenvalue weighted by Gasteiger charge is 2.25. The van der Waals surface area contributed by atoms with Gasteiger partial charge in [0.2, 0.25) is 0 Å². The summed E-state index contributed by atoms with van der Waals surface area (Å²) in [4.78, 5) is 6.94. The van der Waals surface area contributed by atoms with Gasteiger partial charge >= 0.3 is 0 Å². The SMILES string of the molecule is C=C/C(=C(NCC(=C)N(CCCCC)c1nc(-c2cccc(C(C)(F)F)c2)ccc1N)\C(=C/C)C(C)C)C(C)C. The van der Waals surface area contributed by atoms with Gasteiger partial charge in [0.25, 0.3) is 5.92 Å². The van der Waals surface area contributed by atoms with Gasteiger partial charge in [-0.3, -0.25) is 0 Å². The highest BCUT2D eigenvalue weighted by molar-refractivity contribution is 5.72. The molecule has 4 nitrogen and oxygen atoms in total. The van der Waals surface area contributed by atoms with Crippen molar-refractivity contribution < 1.29 is 8.78 Å². The van der Waals surface area contributed by atoms with Crippen LogP contribution in [0.1, 0.15) is 73.3 Å². The molecule has 0 aliphatic heterocycles. The molecule has 218 valence electrons. The van der Waals surface area contributed by atoms with Crippen molar-refractivity contribution in [2.24, 2.45) is 11.8 Å². The second kappa shape index (κ2) is 14.8. The summed E-state index contributed by atoms with van der Waals surface area (Å²) in [5.74, 6) is -1.73. The lowest BCUT2D eigenvalue weighted by Gasteiger charge is -2.29. The third-order valence-electron chi connectivity index (χ3n) is 7.01. The number of unbranched alkanes of at least 4 members (excludes halogenated alkanes) is 2. The van der Waals surface area contributed by atoms with Gasteiger partial charge in [0.15, 0.2) is 5.82 Å². The Kier molecular flexibility index (Phi) is 12.2. The van der Waals surface area contributed by atoms with Crippen LogP contribution in [-0.4, -0.2) is 18.1 Å². The number of halogens is 2. The Hall–Kier alpha value is -3.41. The number of anilines is 2. The quantitative estimate of drug-likeness (QED) is 0.171. The minimum atomic E-state index is -2.94. The van der Waals surface area contributed by atoms with Crippen LogP contribution in [0.2, 0.25) is 0 Å². The first-order chi connectivity index (χ1) is 18.8. The standard InChI is InChI=1S/C34H48F2N4/c1-10-13-14-20-40(25(8)22-38-32(28(11-2)23(4)5)29(12-3)24(6)7)33-30(37)18-19-31(39-33)26-16-15-17-27(21-26)34(9,35)36/h11-12,15-19,21,23-24,38H,2,8,10,13-14,20,22,37H2,1,3-7,9H3/b29-12-,32-28-. The lowest BCUT2D eigenvalue weighted by Crippen LogP contribution is -2.32. The Labute approximate surface area is 240 Å². The van der Waals surface area contributed by atoms with E-state index in [2.05, 4.69) is 71.0 Å². The van der Waals surface area contributed by atoms with Gasteiger partial charge in [-0.15, -0.1) is 0 Å². The first kappa shape index (κ1) is 32.8. The highest BCUT2D eigenvalue weighted by Crippen LogP contribution is 2.33. The Morgan fingerprint density at radius 1 is 1.12 bits per heavy atom. The predicted octanol–water partition coefficient (Wildman–Crippen LogP) is 9.24. The average Bonchev–Trinajstić information content (AvgIpc) is 2.90. The van der Waals surface area contributed by atoms with Gasteiger partial charge < -0.3 is 16.0 Å². The number of hydrogen-bond donors (Lipinski definition) is 2. The molecule has 1 heterocycles. The smallest absolute Gasteiger partial charge is 0.270 e. The van der Waals surface area contributed by atoms with Crippen molar-refractivity contribution in [1.29, 1.82) is 0 Å². The van der Waals surface area contributed by atoms with Crippen LogP contribution in [0.3, 0.4) is 0 Å². The van der Waals surface area contributed by atoms with Gasteiger partial charge in [-0.05, 0) is 54.5 Å². The normalized spacial score (nSPS) is 12.9. The number of hydrogen-bond acceptors (Lipinski definition) is 4. The van der Waals surface area contributed by atoms with Gasteiger partial charge in [-0.2, -0.15) is 0 Å². The number of aromatic nitrogens is 1. The molecule has 0 aliphatic rings. The molecule has 6 heteroatoms. The molecule has 0 spiro atoms. The number of allylic oxidation sites excluding steroid dienone is 4. The van der Waals surface area contributed by atoms with Crippen LogP contribution >= 0.6 is 0 Å². The number of nitrogen functional groups attached to an aromatic ring is 1. The Balaban J connectivity index is 2.51. The fourth-order valence-electron chi connectivity index (χ4n) is 4.77. The summed E-state index contributed by atoms with van der Waals surface area (Å²) in [7, 11) is 0. The molecule has 0 saturated carbocycles. The van der Waals surface area contributed by atoms with E-state index < -0.39 is 5.92 Å². The molecular weight excluding hydrogens is 502 g/mol.